The van der Waals surface area contributed by atoms with E-state index in [0.29, 0.717) is 11.3 Å². The molecule has 0 saturated heterocycles. The van der Waals surface area contributed by atoms with Crippen LogP contribution in [0.15, 0.2) is 48.8 Å². The van der Waals surface area contributed by atoms with Gasteiger partial charge in [0.15, 0.2) is 11.4 Å². The van der Waals surface area contributed by atoms with Gasteiger partial charge in [-0.05, 0) is 51.0 Å². The molecule has 6 aromatic rings. The van der Waals surface area contributed by atoms with Gasteiger partial charge in [-0.15, -0.1) is 0 Å². The average Bonchev–Trinajstić information content (AvgIpc) is 3.64. The maximum atomic E-state index is 12.4. The molecule has 252 valence electrons. The third-order valence-corrected chi connectivity index (χ3v) is 8.27. The predicted octanol–water partition coefficient (Wildman–Crippen LogP) is 7.24. The predicted molar refractivity (Wildman–Crippen MR) is 188 cm³/mol. The number of halogens is 1. The van der Waals surface area contributed by atoms with Crippen LogP contribution in [0, 0.1) is 0 Å². The van der Waals surface area contributed by atoms with Gasteiger partial charge in [-0.2, -0.15) is 0 Å². The van der Waals surface area contributed by atoms with Crippen molar-refractivity contribution in [3.63, 3.8) is 0 Å². The van der Waals surface area contributed by atoms with Crippen LogP contribution in [-0.4, -0.2) is 63.4 Å². The molecule has 0 atom stereocenters. The van der Waals surface area contributed by atoms with E-state index in [0.717, 1.165) is 65.6 Å². The van der Waals surface area contributed by atoms with Gasteiger partial charge in [0, 0.05) is 63.3 Å². The molecule has 0 bridgehead atoms. The first-order chi connectivity index (χ1) is 23.1. The lowest BCUT2D eigenvalue weighted by molar-refractivity contribution is 0.0356. The number of aromatic nitrogens is 4. The van der Waals surface area contributed by atoms with Gasteiger partial charge in [-0.25, -0.2) is 19.6 Å². The average molecular weight is 720 g/mol. The molecule has 0 radical (unpaired) electrons. The summed E-state index contributed by atoms with van der Waals surface area (Å²) in [5, 5.41) is 14.2. The summed E-state index contributed by atoms with van der Waals surface area (Å²) in [6.45, 7) is 7.65. The normalized spacial score (nSPS) is 11.5. The van der Waals surface area contributed by atoms with E-state index in [1.807, 2.05) is 44.2 Å². The second-order valence-corrected chi connectivity index (χ2v) is 12.3. The van der Waals surface area contributed by atoms with Gasteiger partial charge in [0.1, 0.15) is 0 Å². The second kappa shape index (κ2) is 15.2. The minimum Gasteiger partial charge on any atom is -0.458 e. The molecule has 0 amide bonds. The zero-order chi connectivity index (χ0) is 34.5. The van der Waals surface area contributed by atoms with E-state index in [4.69, 9.17) is 18.9 Å². The number of carbonyl (C=O) groups excluding carboxylic acids is 2. The molecule has 0 aliphatic carbocycles. The van der Waals surface area contributed by atoms with Gasteiger partial charge in [-0.1, -0.05) is 40.2 Å². The quantitative estimate of drug-likeness (QED) is 0.0984. The molecule has 4 aromatic heterocycles. The Morgan fingerprint density at radius 3 is 1.54 bits per heavy atom. The zero-order valence-corrected chi connectivity index (χ0v) is 29.4. The number of alkyl halides is 1. The van der Waals surface area contributed by atoms with Gasteiger partial charge in [0.2, 0.25) is 0 Å². The number of pyridine rings is 2. The number of methoxy groups -OCH3 is 2. The van der Waals surface area contributed by atoms with Crippen LogP contribution in [0.5, 0.6) is 0 Å². The standard InChI is InChI=1S/C18H19BrN2O3.C18H20N2O4/c1-10(2)24-18(22)17-12(9-23-3)16-14(8-20-17)21-13-6-4-5-11(7-19)15(13)16;1-10(2)24-18(22)17-12(9-23-3)16-14(7-19-17)20-13-6-4-5-11(8-21)15(13)16/h4-6,8,10,21H,7,9H2,1-3H3;4-7,10,20-21H,8-9H2,1-3H3. The van der Waals surface area contributed by atoms with Crippen molar-refractivity contribution >= 4 is 71.5 Å². The summed E-state index contributed by atoms with van der Waals surface area (Å²) in [6, 6.07) is 11.7. The number of nitrogens with zero attached hydrogens (tertiary/aromatic N) is 2. The summed E-state index contributed by atoms with van der Waals surface area (Å²) in [4.78, 5) is 40.1. The Morgan fingerprint density at radius 1 is 0.708 bits per heavy atom. The maximum Gasteiger partial charge on any atom is 0.357 e. The van der Waals surface area contributed by atoms with E-state index in [-0.39, 0.29) is 37.7 Å². The van der Waals surface area contributed by atoms with E-state index in [1.54, 1.807) is 40.5 Å². The lowest BCUT2D eigenvalue weighted by Gasteiger charge is -2.12. The van der Waals surface area contributed by atoms with Crippen LogP contribution < -0.4 is 0 Å². The first-order valence-corrected chi connectivity index (χ1v) is 16.6. The summed E-state index contributed by atoms with van der Waals surface area (Å²) in [5.41, 5.74) is 7.45. The Hall–Kier alpha value is -4.36. The Kier molecular flexibility index (Phi) is 11.1. The van der Waals surface area contributed by atoms with Gasteiger partial charge < -0.3 is 34.0 Å². The Balaban J connectivity index is 0.000000188. The molecule has 3 N–H and O–H groups in total. The topological polar surface area (TPSA) is 149 Å². The molecule has 6 rings (SSSR count). The monoisotopic (exact) mass is 718 g/mol. The van der Waals surface area contributed by atoms with E-state index in [9.17, 15) is 14.7 Å². The van der Waals surface area contributed by atoms with Crippen molar-refractivity contribution in [2.24, 2.45) is 0 Å². The van der Waals surface area contributed by atoms with Gasteiger partial charge in [0.05, 0.1) is 55.5 Å². The molecular weight excluding hydrogens is 680 g/mol. The largest absolute Gasteiger partial charge is 0.458 e. The lowest BCUT2D eigenvalue weighted by atomic mass is 10.0. The lowest BCUT2D eigenvalue weighted by Crippen LogP contribution is -2.15. The first-order valence-electron chi connectivity index (χ1n) is 15.5. The van der Waals surface area contributed by atoms with E-state index in [2.05, 4.69) is 41.9 Å². The van der Waals surface area contributed by atoms with Crippen LogP contribution in [0.25, 0.3) is 43.6 Å². The number of carbonyl (C=O) groups is 2. The van der Waals surface area contributed by atoms with Crippen LogP contribution in [0.1, 0.15) is 70.9 Å². The highest BCUT2D eigenvalue weighted by atomic mass is 79.9. The number of H-pyrrole nitrogens is 2. The van der Waals surface area contributed by atoms with Crippen LogP contribution in [0.2, 0.25) is 0 Å². The molecule has 0 fully saturated rings. The molecule has 0 aliphatic heterocycles. The number of esters is 2. The molecule has 0 aliphatic rings. The number of rotatable bonds is 10. The number of ether oxygens (including phenoxy) is 4. The Morgan fingerprint density at radius 2 is 1.15 bits per heavy atom. The Bertz CT molecular complexity index is 1950. The minimum absolute atomic E-state index is 0.0924. The highest BCUT2D eigenvalue weighted by Crippen LogP contribution is 2.34. The Labute approximate surface area is 286 Å². The number of aromatic amines is 2. The molecule has 4 heterocycles. The number of nitrogens with one attached hydrogen (secondary N) is 2. The fourth-order valence-electron chi connectivity index (χ4n) is 5.86. The van der Waals surface area contributed by atoms with Crippen molar-refractivity contribution in [3.8, 4) is 0 Å². The SMILES string of the molecule is COCc1c(C(=O)OC(C)C)ncc2[nH]c3cccc(CBr)c3c12.COCc1c(C(=O)OC(C)C)ncc2[nH]c3cccc(CO)c3c12. The van der Waals surface area contributed by atoms with Crippen molar-refractivity contribution in [2.75, 3.05) is 14.2 Å². The highest BCUT2D eigenvalue weighted by molar-refractivity contribution is 9.08. The molecule has 48 heavy (non-hydrogen) atoms. The van der Waals surface area contributed by atoms with Crippen molar-refractivity contribution in [1.82, 2.24) is 19.9 Å². The number of aliphatic hydroxyl groups is 1. The van der Waals surface area contributed by atoms with Crippen LogP contribution in [0.3, 0.4) is 0 Å². The van der Waals surface area contributed by atoms with Crippen molar-refractivity contribution in [1.29, 1.82) is 0 Å². The van der Waals surface area contributed by atoms with Crippen molar-refractivity contribution in [3.05, 3.63) is 82.4 Å². The summed E-state index contributed by atoms with van der Waals surface area (Å²) >= 11 is 3.54. The van der Waals surface area contributed by atoms with Crippen molar-refractivity contribution < 1.29 is 33.6 Å². The smallest absolute Gasteiger partial charge is 0.357 e. The fraction of sp³-hybridized carbons (Fsp3) is 0.333. The number of benzene rings is 2. The molecule has 0 unspecified atom stereocenters. The summed E-state index contributed by atoms with van der Waals surface area (Å²) in [7, 11) is 3.18. The number of hydrogen-bond donors (Lipinski definition) is 3. The van der Waals surface area contributed by atoms with E-state index >= 15 is 0 Å². The summed E-state index contributed by atoms with van der Waals surface area (Å²) in [6.07, 6.45) is 2.86. The van der Waals surface area contributed by atoms with E-state index in [1.165, 1.54) is 0 Å². The fourth-order valence-corrected chi connectivity index (χ4v) is 6.33. The minimum atomic E-state index is -0.477. The summed E-state index contributed by atoms with van der Waals surface area (Å²) < 4.78 is 21.3. The molecular formula is C36H39BrN4O7. The second-order valence-electron chi connectivity index (χ2n) is 11.7. The third kappa shape index (κ3) is 6.93. The van der Waals surface area contributed by atoms with Crippen LogP contribution in [-0.2, 0) is 44.1 Å². The van der Waals surface area contributed by atoms with Gasteiger partial charge >= 0.3 is 11.9 Å². The molecule has 11 nitrogen and oxygen atoms in total. The van der Waals surface area contributed by atoms with Crippen molar-refractivity contribution in [2.45, 2.75) is 65.1 Å². The number of fused-ring (bicyclic) bond motifs is 6. The van der Waals surface area contributed by atoms with Gasteiger partial charge in [-0.3, -0.25) is 0 Å². The molecule has 0 saturated carbocycles. The van der Waals surface area contributed by atoms with Gasteiger partial charge in [0.25, 0.3) is 0 Å². The zero-order valence-electron chi connectivity index (χ0n) is 27.8. The first kappa shape index (κ1) is 35.0. The third-order valence-electron chi connectivity index (χ3n) is 7.66. The molecule has 0 spiro atoms. The number of hydrogen-bond acceptors (Lipinski definition) is 9. The maximum absolute atomic E-state index is 12.4. The highest BCUT2D eigenvalue weighted by Gasteiger charge is 2.23. The van der Waals surface area contributed by atoms with Crippen LogP contribution >= 0.6 is 15.9 Å². The van der Waals surface area contributed by atoms with E-state index < -0.39 is 11.9 Å². The van der Waals surface area contributed by atoms with Crippen LogP contribution in [0.4, 0.5) is 0 Å². The molecule has 12 heteroatoms. The summed E-state index contributed by atoms with van der Waals surface area (Å²) in [5.74, 6) is -0.903. The molecule has 2 aromatic carbocycles. The number of aliphatic hydroxyl groups excluding tert-OH is 1.